The lowest BCUT2D eigenvalue weighted by atomic mass is 10.2. The van der Waals surface area contributed by atoms with Crippen molar-refractivity contribution in [3.8, 4) is 0 Å². The van der Waals surface area contributed by atoms with E-state index in [9.17, 15) is 8.42 Å². The van der Waals surface area contributed by atoms with Crippen molar-refractivity contribution in [3.63, 3.8) is 0 Å². The average Bonchev–Trinajstić information content (AvgIpc) is 2.46. The van der Waals surface area contributed by atoms with Crippen molar-refractivity contribution in [2.45, 2.75) is 11.3 Å². The number of nitrogens with two attached hydrogens (primary N) is 1. The zero-order chi connectivity index (χ0) is 15.0. The molecular weight excluding hydrogens is 278 g/mol. The number of sulfone groups is 1. The van der Waals surface area contributed by atoms with Crippen molar-refractivity contribution in [2.24, 2.45) is 10.9 Å². The van der Waals surface area contributed by atoms with Crippen LogP contribution in [0.2, 0.25) is 0 Å². The minimum absolute atomic E-state index is 0.0209. The van der Waals surface area contributed by atoms with Crippen LogP contribution in [0, 0.1) is 0 Å². The van der Waals surface area contributed by atoms with Crippen molar-refractivity contribution >= 4 is 15.7 Å². The van der Waals surface area contributed by atoms with Gasteiger partial charge < -0.3 is 16.3 Å². The van der Waals surface area contributed by atoms with Gasteiger partial charge in [-0.1, -0.05) is 11.2 Å². The average molecular weight is 297 g/mol. The highest BCUT2D eigenvalue weighted by Crippen LogP contribution is 2.12. The Morgan fingerprint density at radius 3 is 2.55 bits per heavy atom. The van der Waals surface area contributed by atoms with E-state index in [1.54, 1.807) is 6.08 Å². The van der Waals surface area contributed by atoms with Crippen LogP contribution in [-0.2, 0) is 9.84 Å². The van der Waals surface area contributed by atoms with Crippen LogP contribution in [0.4, 0.5) is 0 Å². The van der Waals surface area contributed by atoms with E-state index in [1.165, 1.54) is 24.3 Å². The Morgan fingerprint density at radius 2 is 2.00 bits per heavy atom. The summed E-state index contributed by atoms with van der Waals surface area (Å²) < 4.78 is 24.1. The van der Waals surface area contributed by atoms with E-state index in [4.69, 9.17) is 10.9 Å². The highest BCUT2D eigenvalue weighted by molar-refractivity contribution is 7.91. The molecule has 0 aromatic heterocycles. The molecule has 0 saturated heterocycles. The third-order valence-corrected chi connectivity index (χ3v) is 4.42. The normalized spacial score (nSPS) is 12.3. The molecule has 1 aromatic carbocycles. The maximum Gasteiger partial charge on any atom is 0.179 e. The fourth-order valence-corrected chi connectivity index (χ4v) is 2.74. The van der Waals surface area contributed by atoms with Crippen molar-refractivity contribution in [2.75, 3.05) is 18.8 Å². The van der Waals surface area contributed by atoms with Crippen LogP contribution in [-0.4, -0.2) is 38.3 Å². The minimum atomic E-state index is -3.33. The second-order valence-electron chi connectivity index (χ2n) is 4.16. The van der Waals surface area contributed by atoms with Gasteiger partial charge in [-0.25, -0.2) is 8.42 Å². The predicted octanol–water partition coefficient (Wildman–Crippen LogP) is 0.721. The Labute approximate surface area is 118 Å². The van der Waals surface area contributed by atoms with Gasteiger partial charge in [0, 0.05) is 12.1 Å². The molecule has 6 nitrogen and oxygen atoms in total. The Kier molecular flexibility index (Phi) is 6.20. The molecule has 0 aliphatic carbocycles. The van der Waals surface area contributed by atoms with Crippen LogP contribution >= 0.6 is 0 Å². The molecule has 7 heteroatoms. The van der Waals surface area contributed by atoms with Crippen LogP contribution < -0.4 is 11.1 Å². The van der Waals surface area contributed by atoms with Gasteiger partial charge in [-0.2, -0.15) is 0 Å². The fraction of sp³-hybridized carbons (Fsp3) is 0.308. The van der Waals surface area contributed by atoms with Crippen molar-refractivity contribution in [1.29, 1.82) is 0 Å². The number of nitrogens with zero attached hydrogens (tertiary/aromatic N) is 1. The Morgan fingerprint density at radius 1 is 1.35 bits per heavy atom. The zero-order valence-electron chi connectivity index (χ0n) is 11.1. The molecule has 0 bridgehead atoms. The number of rotatable bonds is 8. The molecular formula is C13H19N3O3S. The molecule has 1 rings (SSSR count). The number of benzene rings is 1. The second-order valence-corrected chi connectivity index (χ2v) is 6.26. The summed E-state index contributed by atoms with van der Waals surface area (Å²) in [4.78, 5) is 0.220. The third kappa shape index (κ3) is 4.67. The lowest BCUT2D eigenvalue weighted by molar-refractivity contribution is 0.318. The van der Waals surface area contributed by atoms with Crippen LogP contribution in [0.1, 0.15) is 12.0 Å². The molecule has 20 heavy (non-hydrogen) atoms. The number of oxime groups is 1. The number of nitrogens with one attached hydrogen (secondary N) is 1. The van der Waals surface area contributed by atoms with Crippen LogP contribution in [0.5, 0.6) is 0 Å². The summed E-state index contributed by atoms with van der Waals surface area (Å²) in [6.07, 6.45) is 2.57. The minimum Gasteiger partial charge on any atom is -0.409 e. The van der Waals surface area contributed by atoms with Gasteiger partial charge in [-0.3, -0.25) is 0 Å². The first-order chi connectivity index (χ1) is 9.51. The molecule has 1 aromatic rings. The highest BCUT2D eigenvalue weighted by Gasteiger charge is 2.14. The van der Waals surface area contributed by atoms with E-state index >= 15 is 0 Å². The monoisotopic (exact) mass is 297 g/mol. The first kappa shape index (κ1) is 16.2. The maximum absolute atomic E-state index is 12.0. The molecule has 110 valence electrons. The molecule has 0 aliphatic heterocycles. The smallest absolute Gasteiger partial charge is 0.179 e. The van der Waals surface area contributed by atoms with Gasteiger partial charge in [0.15, 0.2) is 15.7 Å². The molecule has 0 amide bonds. The second kappa shape index (κ2) is 7.66. The van der Waals surface area contributed by atoms with E-state index in [2.05, 4.69) is 17.1 Å². The van der Waals surface area contributed by atoms with Gasteiger partial charge in [0.05, 0.1) is 10.6 Å². The molecule has 0 spiro atoms. The summed E-state index contributed by atoms with van der Waals surface area (Å²) in [5, 5.41) is 14.4. The summed E-state index contributed by atoms with van der Waals surface area (Å²) >= 11 is 0. The molecule has 0 atom stereocenters. The Hall–Kier alpha value is -1.86. The van der Waals surface area contributed by atoms with E-state index in [1.807, 2.05) is 0 Å². The van der Waals surface area contributed by atoms with E-state index in [-0.39, 0.29) is 16.5 Å². The first-order valence-corrected chi connectivity index (χ1v) is 7.79. The van der Waals surface area contributed by atoms with E-state index in [0.29, 0.717) is 18.7 Å². The van der Waals surface area contributed by atoms with Crippen LogP contribution in [0.25, 0.3) is 0 Å². The standard InChI is InChI=1S/C13H19N3O3S/c1-2-3-8-15-9-10-20(18,19)12-6-4-11(5-7-12)13(14)16-17/h2,4-7,15,17H,1,3,8-10H2,(H2,14,16). The summed E-state index contributed by atoms with van der Waals surface area (Å²) in [5.41, 5.74) is 5.88. The zero-order valence-corrected chi connectivity index (χ0v) is 11.9. The fourth-order valence-electron chi connectivity index (χ4n) is 1.54. The SMILES string of the molecule is C=CCCNCCS(=O)(=O)c1ccc(/C(N)=N\O)cc1. The van der Waals surface area contributed by atoms with Gasteiger partial charge in [0.2, 0.25) is 0 Å². The molecule has 0 heterocycles. The summed E-state index contributed by atoms with van der Waals surface area (Å²) in [6.45, 7) is 4.69. The van der Waals surface area contributed by atoms with Crippen molar-refractivity contribution in [3.05, 3.63) is 42.5 Å². The lowest BCUT2D eigenvalue weighted by Gasteiger charge is -2.06. The number of hydrogen-bond acceptors (Lipinski definition) is 5. The van der Waals surface area contributed by atoms with E-state index < -0.39 is 9.84 Å². The number of hydrogen-bond donors (Lipinski definition) is 3. The first-order valence-electron chi connectivity index (χ1n) is 6.13. The molecule has 0 saturated carbocycles. The quantitative estimate of drug-likeness (QED) is 0.164. The Bertz CT molecular complexity index is 565. The van der Waals surface area contributed by atoms with E-state index in [0.717, 1.165) is 6.42 Å². The van der Waals surface area contributed by atoms with Gasteiger partial charge in [-0.15, -0.1) is 6.58 Å². The molecule has 4 N–H and O–H groups in total. The van der Waals surface area contributed by atoms with Crippen molar-refractivity contribution < 1.29 is 13.6 Å². The summed E-state index contributed by atoms with van der Waals surface area (Å²) in [7, 11) is -3.33. The lowest BCUT2D eigenvalue weighted by Crippen LogP contribution is -2.23. The van der Waals surface area contributed by atoms with Gasteiger partial charge in [-0.05, 0) is 37.2 Å². The maximum atomic E-state index is 12.0. The van der Waals surface area contributed by atoms with Crippen LogP contribution in [0.15, 0.2) is 47.0 Å². The van der Waals surface area contributed by atoms with Gasteiger partial charge in [0.25, 0.3) is 0 Å². The molecule has 0 unspecified atom stereocenters. The summed E-state index contributed by atoms with van der Waals surface area (Å²) in [5.74, 6) is -0.0346. The molecule has 0 radical (unpaired) electrons. The predicted molar refractivity (Wildman–Crippen MR) is 78.7 cm³/mol. The summed E-state index contributed by atoms with van der Waals surface area (Å²) in [6, 6.07) is 5.92. The van der Waals surface area contributed by atoms with Crippen molar-refractivity contribution in [1.82, 2.24) is 5.32 Å². The highest BCUT2D eigenvalue weighted by atomic mass is 32.2. The number of amidine groups is 1. The molecule has 0 aliphatic rings. The topological polar surface area (TPSA) is 105 Å². The Balaban J connectivity index is 2.66. The van der Waals surface area contributed by atoms with Gasteiger partial charge in [0.1, 0.15) is 0 Å². The van der Waals surface area contributed by atoms with Gasteiger partial charge >= 0.3 is 0 Å². The largest absolute Gasteiger partial charge is 0.409 e. The third-order valence-electron chi connectivity index (χ3n) is 2.69. The molecule has 0 fully saturated rings. The van der Waals surface area contributed by atoms with Crippen LogP contribution in [0.3, 0.4) is 0 Å².